The van der Waals surface area contributed by atoms with Gasteiger partial charge in [-0.1, -0.05) is 24.4 Å². The molecular weight excluding hydrogens is 391 g/mol. The Morgan fingerprint density at radius 1 is 1.15 bits per heavy atom. The maximum Gasteiger partial charge on any atom is 0.332 e. The average molecular weight is 415 g/mol. The number of carbonyl (C=O) groups excluding carboxylic acids is 2. The Labute approximate surface area is 169 Å². The first kappa shape index (κ1) is 20.3. The molecule has 1 saturated carbocycles. The second kappa shape index (κ2) is 8.27. The van der Waals surface area contributed by atoms with Gasteiger partial charge in [0.15, 0.2) is 11.2 Å². The second-order valence-corrected chi connectivity index (χ2v) is 8.12. The van der Waals surface area contributed by atoms with Crippen molar-refractivity contribution >= 4 is 35.0 Å². The maximum atomic E-state index is 12.4. The maximum absolute atomic E-state index is 12.4. The van der Waals surface area contributed by atoms with Crippen LogP contribution in [0.2, 0.25) is 5.02 Å². The summed E-state index contributed by atoms with van der Waals surface area (Å²) in [6.45, 7) is 0. The molecule has 148 valence electrons. The van der Waals surface area contributed by atoms with Gasteiger partial charge in [0, 0.05) is 12.5 Å². The van der Waals surface area contributed by atoms with Crippen molar-refractivity contribution in [2.45, 2.75) is 55.9 Å². The van der Waals surface area contributed by atoms with Crippen LogP contribution in [0.4, 0.5) is 0 Å². The lowest BCUT2D eigenvalue weighted by atomic mass is 9.76. The summed E-state index contributed by atoms with van der Waals surface area (Å²) < 4.78 is 16.5. The molecular formula is C20H24Cl2O5. The van der Waals surface area contributed by atoms with Gasteiger partial charge in [0.25, 0.3) is 0 Å². The summed E-state index contributed by atoms with van der Waals surface area (Å²) in [5, 5.41) is -0.703. The summed E-state index contributed by atoms with van der Waals surface area (Å²) >= 11 is 12.2. The minimum absolute atomic E-state index is 0.170. The molecule has 2 aliphatic rings. The van der Waals surface area contributed by atoms with Crippen LogP contribution < -0.4 is 9.47 Å². The van der Waals surface area contributed by atoms with Gasteiger partial charge in [-0.2, -0.15) is 0 Å². The summed E-state index contributed by atoms with van der Waals surface area (Å²) in [5.74, 6) is 0.488. The molecule has 5 nitrogen and oxygen atoms in total. The fourth-order valence-corrected chi connectivity index (χ4v) is 4.68. The number of ether oxygens (including phenoxy) is 3. The molecule has 2 unspecified atom stereocenters. The van der Waals surface area contributed by atoms with Crippen LogP contribution in [0.3, 0.4) is 0 Å². The van der Waals surface area contributed by atoms with E-state index in [1.54, 1.807) is 26.4 Å². The standard InChI is InChI=1S/C20H24Cl2O5/c1-25-16-10-17(26-2)14(21)9-12(16)7-8-20(13-5-3-4-6-13)11-15(23)18(22)19(24)27-20/h9-10,13,18H,3-8,11H2,1-2H3. The normalized spacial score (nSPS) is 26.1. The lowest BCUT2D eigenvalue weighted by molar-refractivity contribution is -0.177. The molecule has 1 heterocycles. The van der Waals surface area contributed by atoms with Crippen LogP contribution in [0.15, 0.2) is 12.1 Å². The van der Waals surface area contributed by atoms with Crippen molar-refractivity contribution in [2.24, 2.45) is 5.92 Å². The number of hydrogen-bond acceptors (Lipinski definition) is 5. The summed E-state index contributed by atoms with van der Waals surface area (Å²) in [7, 11) is 3.13. The van der Waals surface area contributed by atoms with Crippen LogP contribution in [0.5, 0.6) is 11.5 Å². The Bertz CT molecular complexity index is 709. The summed E-state index contributed by atoms with van der Waals surface area (Å²) in [4.78, 5) is 24.6. The first-order valence-electron chi connectivity index (χ1n) is 9.20. The quantitative estimate of drug-likeness (QED) is 0.393. The Kier molecular flexibility index (Phi) is 6.21. The third kappa shape index (κ3) is 4.04. The number of alkyl halides is 1. The van der Waals surface area contributed by atoms with Gasteiger partial charge in [-0.3, -0.25) is 4.79 Å². The van der Waals surface area contributed by atoms with E-state index in [1.807, 2.05) is 0 Å². The highest BCUT2D eigenvalue weighted by molar-refractivity contribution is 6.41. The molecule has 0 aromatic heterocycles. The fraction of sp³-hybridized carbons (Fsp3) is 0.600. The van der Waals surface area contributed by atoms with Crippen LogP contribution in [0, 0.1) is 5.92 Å². The van der Waals surface area contributed by atoms with E-state index in [1.165, 1.54) is 0 Å². The average Bonchev–Trinajstić information content (AvgIpc) is 3.20. The third-order valence-corrected chi connectivity index (χ3v) is 6.46. The van der Waals surface area contributed by atoms with Crippen LogP contribution in [-0.4, -0.2) is 37.0 Å². The van der Waals surface area contributed by atoms with Crippen LogP contribution in [-0.2, 0) is 20.7 Å². The van der Waals surface area contributed by atoms with E-state index in [2.05, 4.69) is 0 Å². The molecule has 1 aliphatic heterocycles. The van der Waals surface area contributed by atoms with E-state index in [0.717, 1.165) is 31.2 Å². The SMILES string of the molecule is COc1cc(OC)c(CCC2(C3CCCC3)CC(=O)C(Cl)C(=O)O2)cc1Cl. The summed E-state index contributed by atoms with van der Waals surface area (Å²) in [6, 6.07) is 3.55. The highest BCUT2D eigenvalue weighted by Gasteiger charge is 2.51. The summed E-state index contributed by atoms with van der Waals surface area (Å²) in [5.41, 5.74) is 0.0881. The largest absolute Gasteiger partial charge is 0.496 e. The molecule has 0 spiro atoms. The van der Waals surface area contributed by atoms with Crippen LogP contribution in [0.25, 0.3) is 0 Å². The molecule has 1 aromatic carbocycles. The van der Waals surface area contributed by atoms with Gasteiger partial charge in [0.1, 0.15) is 17.1 Å². The number of methoxy groups -OCH3 is 2. The first-order chi connectivity index (χ1) is 12.9. The number of rotatable bonds is 6. The zero-order chi connectivity index (χ0) is 19.6. The number of carbonyl (C=O) groups is 2. The van der Waals surface area contributed by atoms with Crippen molar-refractivity contribution in [1.82, 2.24) is 0 Å². The number of benzene rings is 1. The van der Waals surface area contributed by atoms with Crippen LogP contribution in [0.1, 0.15) is 44.1 Å². The molecule has 2 atom stereocenters. The van der Waals surface area contributed by atoms with Gasteiger partial charge >= 0.3 is 5.97 Å². The van der Waals surface area contributed by atoms with Crippen molar-refractivity contribution in [3.8, 4) is 11.5 Å². The molecule has 0 radical (unpaired) electrons. The first-order valence-corrected chi connectivity index (χ1v) is 10.0. The van der Waals surface area contributed by atoms with Gasteiger partial charge in [-0.25, -0.2) is 4.79 Å². The van der Waals surface area contributed by atoms with Crippen molar-refractivity contribution in [1.29, 1.82) is 0 Å². The predicted molar refractivity (Wildman–Crippen MR) is 103 cm³/mol. The Morgan fingerprint density at radius 2 is 1.81 bits per heavy atom. The number of Topliss-reactive ketones (excluding diaryl/α,β-unsaturated/α-hetero) is 1. The van der Waals surface area contributed by atoms with E-state index >= 15 is 0 Å². The molecule has 2 fully saturated rings. The molecule has 27 heavy (non-hydrogen) atoms. The minimum Gasteiger partial charge on any atom is -0.496 e. The van der Waals surface area contributed by atoms with Gasteiger partial charge < -0.3 is 14.2 Å². The molecule has 0 amide bonds. The molecule has 1 aliphatic carbocycles. The van der Waals surface area contributed by atoms with Crippen molar-refractivity contribution in [3.63, 3.8) is 0 Å². The van der Waals surface area contributed by atoms with Gasteiger partial charge in [0.05, 0.1) is 19.2 Å². The van der Waals surface area contributed by atoms with E-state index in [4.69, 9.17) is 37.4 Å². The second-order valence-electron chi connectivity index (χ2n) is 7.27. The van der Waals surface area contributed by atoms with E-state index < -0.39 is 16.9 Å². The Hall–Kier alpha value is -1.46. The van der Waals surface area contributed by atoms with E-state index in [0.29, 0.717) is 29.4 Å². The highest BCUT2D eigenvalue weighted by atomic mass is 35.5. The zero-order valence-electron chi connectivity index (χ0n) is 15.6. The number of aryl methyl sites for hydroxylation is 1. The van der Waals surface area contributed by atoms with E-state index in [9.17, 15) is 9.59 Å². The van der Waals surface area contributed by atoms with E-state index in [-0.39, 0.29) is 18.1 Å². The monoisotopic (exact) mass is 414 g/mol. The van der Waals surface area contributed by atoms with Gasteiger partial charge in [-0.05, 0) is 43.2 Å². The predicted octanol–water partition coefficient (Wildman–Crippen LogP) is 4.34. The molecule has 0 N–H and O–H groups in total. The number of cyclic esters (lactones) is 1. The lowest BCUT2D eigenvalue weighted by Gasteiger charge is -2.42. The van der Waals surface area contributed by atoms with Crippen molar-refractivity contribution in [3.05, 3.63) is 22.7 Å². The molecule has 1 saturated heterocycles. The highest BCUT2D eigenvalue weighted by Crippen LogP contribution is 2.45. The number of hydrogen-bond donors (Lipinski definition) is 0. The van der Waals surface area contributed by atoms with Crippen molar-refractivity contribution in [2.75, 3.05) is 14.2 Å². The fourth-order valence-electron chi connectivity index (χ4n) is 4.29. The number of ketones is 1. The molecule has 3 rings (SSSR count). The van der Waals surface area contributed by atoms with Crippen LogP contribution >= 0.6 is 23.2 Å². The molecule has 7 heteroatoms. The lowest BCUT2D eigenvalue weighted by Crippen LogP contribution is -2.52. The zero-order valence-corrected chi connectivity index (χ0v) is 17.1. The smallest absolute Gasteiger partial charge is 0.332 e. The third-order valence-electron chi connectivity index (χ3n) is 5.74. The number of esters is 1. The molecule has 0 bridgehead atoms. The Balaban J connectivity index is 1.87. The summed E-state index contributed by atoms with van der Waals surface area (Å²) in [6.07, 6.45) is 5.33. The number of halogens is 2. The van der Waals surface area contributed by atoms with Crippen molar-refractivity contribution < 1.29 is 23.8 Å². The molecule has 1 aromatic rings. The van der Waals surface area contributed by atoms with Gasteiger partial charge in [-0.15, -0.1) is 11.6 Å². The minimum atomic E-state index is -1.19. The van der Waals surface area contributed by atoms with Gasteiger partial charge in [0.2, 0.25) is 0 Å². The topological polar surface area (TPSA) is 61.8 Å². The Morgan fingerprint density at radius 3 is 2.41 bits per heavy atom.